The molecule has 1 heterocycles. The van der Waals surface area contributed by atoms with Gasteiger partial charge in [0.2, 0.25) is 10.0 Å². The van der Waals surface area contributed by atoms with E-state index in [-0.39, 0.29) is 23.8 Å². The van der Waals surface area contributed by atoms with E-state index in [0.717, 1.165) is 23.0 Å². The molecule has 1 N–H and O–H groups in total. The molecule has 0 radical (unpaired) electrons. The van der Waals surface area contributed by atoms with Crippen molar-refractivity contribution in [2.45, 2.75) is 39.5 Å². The normalized spacial score (nSPS) is 12.0. The molecule has 1 amide bonds. The van der Waals surface area contributed by atoms with E-state index in [4.69, 9.17) is 0 Å². The summed E-state index contributed by atoms with van der Waals surface area (Å²) in [6.45, 7) is 5.14. The number of pyridine rings is 1. The molecule has 198 valence electrons. The Bertz CT molecular complexity index is 1480. The number of amides is 1. The van der Waals surface area contributed by atoms with Gasteiger partial charge < -0.3 is 5.32 Å². The number of halogens is 4. The molecular formula is C25H25F3IN3O4S. The summed E-state index contributed by atoms with van der Waals surface area (Å²) in [6.07, 6.45) is -3.46. The Kier molecular flexibility index (Phi) is 8.42. The van der Waals surface area contributed by atoms with Crippen molar-refractivity contribution in [3.05, 3.63) is 90.9 Å². The molecule has 0 aliphatic heterocycles. The van der Waals surface area contributed by atoms with Gasteiger partial charge in [0.1, 0.15) is 5.56 Å². The minimum atomic E-state index is -4.58. The Morgan fingerprint density at radius 1 is 1.11 bits per heavy atom. The highest BCUT2D eigenvalue weighted by molar-refractivity contribution is 14.1. The van der Waals surface area contributed by atoms with Gasteiger partial charge in [-0.1, -0.05) is 18.2 Å². The second kappa shape index (κ2) is 10.9. The molecule has 7 nitrogen and oxygen atoms in total. The summed E-state index contributed by atoms with van der Waals surface area (Å²) in [5.41, 5.74) is -0.327. The molecular weight excluding hydrogens is 622 g/mol. The van der Waals surface area contributed by atoms with Crippen LogP contribution in [0.5, 0.6) is 0 Å². The summed E-state index contributed by atoms with van der Waals surface area (Å²) >= 11 is 1.92. The van der Waals surface area contributed by atoms with Gasteiger partial charge in [-0.05, 0) is 85.3 Å². The molecule has 0 unspecified atom stereocenters. The average Bonchev–Trinajstić information content (AvgIpc) is 2.79. The highest BCUT2D eigenvalue weighted by Gasteiger charge is 2.31. The molecule has 0 bridgehead atoms. The van der Waals surface area contributed by atoms with E-state index in [1.165, 1.54) is 22.5 Å². The Morgan fingerprint density at radius 3 is 2.27 bits per heavy atom. The van der Waals surface area contributed by atoms with Crippen molar-refractivity contribution < 1.29 is 26.4 Å². The molecule has 0 atom stereocenters. The molecule has 12 heteroatoms. The number of nitrogens with zero attached hydrogens (tertiary/aromatic N) is 2. The number of alkyl halides is 3. The van der Waals surface area contributed by atoms with Crippen LogP contribution in [0.4, 0.5) is 18.9 Å². The number of carbonyl (C=O) groups excluding carboxylic acids is 1. The van der Waals surface area contributed by atoms with Gasteiger partial charge in [0.05, 0.1) is 17.5 Å². The van der Waals surface area contributed by atoms with Gasteiger partial charge in [-0.3, -0.25) is 18.5 Å². The fourth-order valence-electron chi connectivity index (χ4n) is 3.88. The Labute approximate surface area is 226 Å². The SMILES string of the molecule is Cc1c(I)cc(C(=O)NCc2ccc(N(C(C)C)S(C)(=O)=O)cc2)c(=O)n1-c1cccc(C(F)(F)F)c1. The number of hydrogen-bond acceptors (Lipinski definition) is 4. The first-order valence-electron chi connectivity index (χ1n) is 11.1. The minimum Gasteiger partial charge on any atom is -0.348 e. The molecule has 0 saturated heterocycles. The number of aromatic nitrogens is 1. The van der Waals surface area contributed by atoms with E-state index in [9.17, 15) is 31.2 Å². The predicted molar refractivity (Wildman–Crippen MR) is 145 cm³/mol. The number of rotatable bonds is 7. The highest BCUT2D eigenvalue weighted by Crippen LogP contribution is 2.30. The number of benzene rings is 2. The predicted octanol–water partition coefficient (Wildman–Crippen LogP) is 4.87. The zero-order valence-electron chi connectivity index (χ0n) is 20.4. The zero-order chi connectivity index (χ0) is 27.7. The van der Waals surface area contributed by atoms with Gasteiger partial charge in [0.15, 0.2) is 0 Å². The van der Waals surface area contributed by atoms with E-state index in [1.54, 1.807) is 45.0 Å². The molecule has 3 aromatic rings. The zero-order valence-corrected chi connectivity index (χ0v) is 23.4. The van der Waals surface area contributed by atoms with Crippen LogP contribution in [0.25, 0.3) is 5.69 Å². The van der Waals surface area contributed by atoms with Crippen molar-refractivity contribution in [1.29, 1.82) is 0 Å². The molecule has 2 aromatic carbocycles. The van der Waals surface area contributed by atoms with Gasteiger partial charge in [0.25, 0.3) is 11.5 Å². The van der Waals surface area contributed by atoms with Crippen LogP contribution >= 0.6 is 22.6 Å². The van der Waals surface area contributed by atoms with Gasteiger partial charge in [-0.15, -0.1) is 0 Å². The maximum Gasteiger partial charge on any atom is 0.416 e. The lowest BCUT2D eigenvalue weighted by Gasteiger charge is -2.26. The van der Waals surface area contributed by atoms with Gasteiger partial charge in [-0.2, -0.15) is 13.2 Å². The van der Waals surface area contributed by atoms with Gasteiger partial charge in [-0.25, -0.2) is 8.42 Å². The third-order valence-electron chi connectivity index (χ3n) is 5.53. The number of nitrogens with one attached hydrogen (secondary N) is 1. The van der Waals surface area contributed by atoms with Crippen LogP contribution in [0.15, 0.2) is 59.4 Å². The van der Waals surface area contributed by atoms with Crippen molar-refractivity contribution in [3.63, 3.8) is 0 Å². The third-order valence-corrected chi connectivity index (χ3v) is 7.97. The van der Waals surface area contributed by atoms with Crippen LogP contribution in [0.3, 0.4) is 0 Å². The summed E-state index contributed by atoms with van der Waals surface area (Å²) in [5.74, 6) is -0.687. The van der Waals surface area contributed by atoms with E-state index in [0.29, 0.717) is 20.5 Å². The topological polar surface area (TPSA) is 88.5 Å². The van der Waals surface area contributed by atoms with Crippen molar-refractivity contribution >= 4 is 44.2 Å². The molecule has 1 aromatic heterocycles. The van der Waals surface area contributed by atoms with Crippen molar-refractivity contribution in [1.82, 2.24) is 9.88 Å². The highest BCUT2D eigenvalue weighted by atomic mass is 127. The maximum atomic E-state index is 13.2. The van der Waals surface area contributed by atoms with Crippen molar-refractivity contribution in [2.24, 2.45) is 0 Å². The Balaban J connectivity index is 1.88. The van der Waals surface area contributed by atoms with E-state index >= 15 is 0 Å². The molecule has 0 spiro atoms. The third kappa shape index (κ3) is 6.53. The van der Waals surface area contributed by atoms with E-state index < -0.39 is 33.2 Å². The monoisotopic (exact) mass is 647 g/mol. The van der Waals surface area contributed by atoms with Crippen LogP contribution < -0.4 is 15.2 Å². The molecule has 3 rings (SSSR count). The fourth-order valence-corrected chi connectivity index (χ4v) is 5.70. The summed E-state index contributed by atoms with van der Waals surface area (Å²) in [4.78, 5) is 26.1. The van der Waals surface area contributed by atoms with E-state index in [1.807, 2.05) is 22.6 Å². The van der Waals surface area contributed by atoms with Crippen LogP contribution in [-0.4, -0.2) is 31.2 Å². The van der Waals surface area contributed by atoms with Gasteiger partial charge >= 0.3 is 6.18 Å². The Hall–Kier alpha value is -2.87. The largest absolute Gasteiger partial charge is 0.416 e. The smallest absolute Gasteiger partial charge is 0.348 e. The molecule has 0 aliphatic rings. The fraction of sp³-hybridized carbons (Fsp3) is 0.280. The van der Waals surface area contributed by atoms with Crippen LogP contribution in [-0.2, 0) is 22.7 Å². The number of carbonyl (C=O) groups is 1. The standard InChI is InChI=1S/C25H25F3IN3O4S/c1-15(2)32(37(4,35)36)19-10-8-17(9-11-19)14-30-23(33)21-13-22(29)16(3)31(24(21)34)20-7-5-6-18(12-20)25(26,27)28/h5-13,15H,14H2,1-4H3,(H,30,33). The maximum absolute atomic E-state index is 13.2. The van der Waals surface area contributed by atoms with Gasteiger partial charge in [0, 0.05) is 27.5 Å². The van der Waals surface area contributed by atoms with Crippen LogP contribution in [0, 0.1) is 10.5 Å². The summed E-state index contributed by atoms with van der Waals surface area (Å²) in [6, 6.07) is 12.0. The lowest BCUT2D eigenvalue weighted by molar-refractivity contribution is -0.137. The second-order valence-electron chi connectivity index (χ2n) is 8.68. The number of anilines is 1. The molecule has 37 heavy (non-hydrogen) atoms. The summed E-state index contributed by atoms with van der Waals surface area (Å²) < 4.78 is 66.7. The first-order chi connectivity index (χ1) is 17.1. The molecule has 0 aliphatic carbocycles. The number of sulfonamides is 1. The second-order valence-corrected chi connectivity index (χ2v) is 11.7. The summed E-state index contributed by atoms with van der Waals surface area (Å²) in [5, 5.41) is 2.65. The van der Waals surface area contributed by atoms with Crippen LogP contribution in [0.1, 0.15) is 41.0 Å². The molecule has 0 saturated carbocycles. The van der Waals surface area contributed by atoms with Crippen molar-refractivity contribution in [2.75, 3.05) is 10.6 Å². The van der Waals surface area contributed by atoms with Crippen molar-refractivity contribution in [3.8, 4) is 5.69 Å². The Morgan fingerprint density at radius 2 is 1.73 bits per heavy atom. The molecule has 0 fully saturated rings. The first-order valence-corrected chi connectivity index (χ1v) is 14.0. The number of hydrogen-bond donors (Lipinski definition) is 1. The first kappa shape index (κ1) is 28.7. The lowest BCUT2D eigenvalue weighted by Crippen LogP contribution is -2.36. The quantitative estimate of drug-likeness (QED) is 0.371. The average molecular weight is 647 g/mol. The van der Waals surface area contributed by atoms with E-state index in [2.05, 4.69) is 5.32 Å². The lowest BCUT2D eigenvalue weighted by atomic mass is 10.1. The minimum absolute atomic E-state index is 0.000984. The summed E-state index contributed by atoms with van der Waals surface area (Å²) in [7, 11) is -3.48. The van der Waals surface area contributed by atoms with Crippen LogP contribution in [0.2, 0.25) is 0 Å².